The predicted octanol–water partition coefficient (Wildman–Crippen LogP) is 3.09. The van der Waals surface area contributed by atoms with Gasteiger partial charge in [0.1, 0.15) is 5.82 Å². The van der Waals surface area contributed by atoms with Gasteiger partial charge in [-0.1, -0.05) is 24.3 Å². The van der Waals surface area contributed by atoms with Gasteiger partial charge >= 0.3 is 0 Å². The Morgan fingerprint density at radius 3 is 2.30 bits per heavy atom. The van der Waals surface area contributed by atoms with Crippen LogP contribution in [0, 0.1) is 0 Å². The summed E-state index contributed by atoms with van der Waals surface area (Å²) in [7, 11) is 1.75. The molecule has 0 bridgehead atoms. The van der Waals surface area contributed by atoms with Gasteiger partial charge in [0.15, 0.2) is 0 Å². The number of carbonyl (C=O) groups is 3. The highest BCUT2D eigenvalue weighted by atomic mass is 16.2. The van der Waals surface area contributed by atoms with Gasteiger partial charge in [0, 0.05) is 26.6 Å². The first kappa shape index (κ1) is 19.8. The summed E-state index contributed by atoms with van der Waals surface area (Å²) in [5, 5.41) is 0. The van der Waals surface area contributed by atoms with Gasteiger partial charge in [-0.05, 0) is 37.6 Å². The molecule has 3 amide bonds. The second kappa shape index (κ2) is 8.10. The molecule has 0 radical (unpaired) electrons. The number of hydrogen-bond donors (Lipinski definition) is 0. The van der Waals surface area contributed by atoms with Gasteiger partial charge in [0.2, 0.25) is 5.91 Å². The van der Waals surface area contributed by atoms with Crippen LogP contribution in [0.2, 0.25) is 0 Å². The quantitative estimate of drug-likeness (QED) is 0.567. The summed E-state index contributed by atoms with van der Waals surface area (Å²) in [5.74, 6) is 0.234. The first-order valence-electron chi connectivity index (χ1n) is 10.1. The number of benzene rings is 2. The lowest BCUT2D eigenvalue weighted by molar-refractivity contribution is -0.130. The number of para-hydroxylation sites is 2. The van der Waals surface area contributed by atoms with Crippen molar-refractivity contribution in [1.29, 1.82) is 0 Å². The number of aromatic nitrogens is 2. The zero-order valence-electron chi connectivity index (χ0n) is 17.2. The lowest BCUT2D eigenvalue weighted by Crippen LogP contribution is -2.32. The van der Waals surface area contributed by atoms with Crippen LogP contribution >= 0.6 is 0 Å². The van der Waals surface area contributed by atoms with Crippen molar-refractivity contribution in [2.45, 2.75) is 32.9 Å². The van der Waals surface area contributed by atoms with Crippen LogP contribution in [0.25, 0.3) is 11.0 Å². The summed E-state index contributed by atoms with van der Waals surface area (Å²) < 4.78 is 2.11. The maximum absolute atomic E-state index is 12.6. The Labute approximate surface area is 174 Å². The summed E-state index contributed by atoms with van der Waals surface area (Å²) in [4.78, 5) is 45.0. The van der Waals surface area contributed by atoms with Crippen molar-refractivity contribution in [3.8, 4) is 0 Å². The molecule has 1 aliphatic heterocycles. The van der Waals surface area contributed by atoms with Crippen LogP contribution in [-0.2, 0) is 17.9 Å². The van der Waals surface area contributed by atoms with Crippen molar-refractivity contribution in [1.82, 2.24) is 19.4 Å². The number of imide groups is 1. The number of nitrogens with zero attached hydrogens (tertiary/aromatic N) is 4. The fraction of sp³-hybridized carbons (Fsp3) is 0.304. The van der Waals surface area contributed by atoms with E-state index in [9.17, 15) is 14.4 Å². The molecule has 0 aliphatic carbocycles. The van der Waals surface area contributed by atoms with Gasteiger partial charge in [0.25, 0.3) is 11.8 Å². The van der Waals surface area contributed by atoms with E-state index in [-0.39, 0.29) is 30.7 Å². The highest BCUT2D eigenvalue weighted by Crippen LogP contribution is 2.23. The minimum Gasteiger partial charge on any atom is -0.338 e. The molecular weight excluding hydrogens is 380 g/mol. The van der Waals surface area contributed by atoms with Crippen molar-refractivity contribution in [3.05, 3.63) is 65.5 Å². The molecule has 0 N–H and O–H groups in total. The largest absolute Gasteiger partial charge is 0.338 e. The van der Waals surface area contributed by atoms with Crippen molar-refractivity contribution >= 4 is 28.8 Å². The number of aryl methyl sites for hydroxylation is 1. The van der Waals surface area contributed by atoms with Crippen LogP contribution in [0.15, 0.2) is 48.5 Å². The van der Waals surface area contributed by atoms with E-state index >= 15 is 0 Å². The minimum atomic E-state index is -0.284. The summed E-state index contributed by atoms with van der Waals surface area (Å²) in [6, 6.07) is 14.7. The molecule has 0 atom stereocenters. The third-order valence-corrected chi connectivity index (χ3v) is 5.50. The first-order valence-corrected chi connectivity index (χ1v) is 10.1. The summed E-state index contributed by atoms with van der Waals surface area (Å²) in [6.07, 6.45) is 0.690. The molecule has 0 saturated carbocycles. The zero-order chi connectivity index (χ0) is 21.3. The van der Waals surface area contributed by atoms with Crippen molar-refractivity contribution in [2.24, 2.45) is 0 Å². The Morgan fingerprint density at radius 1 is 1.00 bits per heavy atom. The van der Waals surface area contributed by atoms with Crippen LogP contribution in [0.5, 0.6) is 0 Å². The number of amides is 3. The van der Waals surface area contributed by atoms with Crippen LogP contribution < -0.4 is 0 Å². The van der Waals surface area contributed by atoms with E-state index in [4.69, 9.17) is 0 Å². The molecule has 3 aromatic rings. The van der Waals surface area contributed by atoms with Gasteiger partial charge in [-0.25, -0.2) is 4.98 Å². The SMILES string of the molecule is CCn1c(CN(C)C(=O)CCCN2C(=O)c3ccccc3C2=O)nc2ccccc21. The predicted molar refractivity (Wildman–Crippen MR) is 113 cm³/mol. The topological polar surface area (TPSA) is 75.5 Å². The Bertz CT molecular complexity index is 1100. The van der Waals surface area contributed by atoms with E-state index in [0.717, 1.165) is 23.4 Å². The van der Waals surface area contributed by atoms with E-state index in [1.807, 2.05) is 24.3 Å². The molecule has 30 heavy (non-hydrogen) atoms. The average molecular weight is 404 g/mol. The van der Waals surface area contributed by atoms with Crippen molar-refractivity contribution < 1.29 is 14.4 Å². The van der Waals surface area contributed by atoms with Gasteiger partial charge in [-0.2, -0.15) is 0 Å². The maximum Gasteiger partial charge on any atom is 0.261 e. The van der Waals surface area contributed by atoms with Crippen LogP contribution in [0.3, 0.4) is 0 Å². The van der Waals surface area contributed by atoms with E-state index in [0.29, 0.717) is 24.1 Å². The second-order valence-electron chi connectivity index (χ2n) is 7.42. The zero-order valence-corrected chi connectivity index (χ0v) is 17.2. The lowest BCUT2D eigenvalue weighted by Gasteiger charge is -2.19. The Morgan fingerprint density at radius 2 is 1.63 bits per heavy atom. The molecule has 7 nitrogen and oxygen atoms in total. The van der Waals surface area contributed by atoms with Gasteiger partial charge in [0.05, 0.1) is 28.7 Å². The third-order valence-electron chi connectivity index (χ3n) is 5.50. The van der Waals surface area contributed by atoms with Crippen molar-refractivity contribution in [3.63, 3.8) is 0 Å². The van der Waals surface area contributed by atoms with E-state index < -0.39 is 0 Å². The maximum atomic E-state index is 12.6. The molecule has 4 rings (SSSR count). The highest BCUT2D eigenvalue weighted by Gasteiger charge is 2.34. The Hall–Kier alpha value is -3.48. The number of carbonyl (C=O) groups excluding carboxylic acids is 3. The second-order valence-corrected chi connectivity index (χ2v) is 7.42. The first-order chi connectivity index (χ1) is 14.5. The van der Waals surface area contributed by atoms with Gasteiger partial charge in [-0.15, -0.1) is 0 Å². The molecule has 154 valence electrons. The summed E-state index contributed by atoms with van der Waals surface area (Å²) in [5.41, 5.74) is 2.84. The molecule has 0 fully saturated rings. The molecule has 2 aromatic carbocycles. The molecule has 1 aromatic heterocycles. The number of fused-ring (bicyclic) bond motifs is 2. The van der Waals surface area contributed by atoms with E-state index in [1.54, 1.807) is 36.2 Å². The Kier molecular flexibility index (Phi) is 5.35. The fourth-order valence-electron chi connectivity index (χ4n) is 3.92. The smallest absolute Gasteiger partial charge is 0.261 e. The average Bonchev–Trinajstić information content (AvgIpc) is 3.23. The van der Waals surface area contributed by atoms with Crippen LogP contribution in [0.1, 0.15) is 46.3 Å². The molecule has 0 unspecified atom stereocenters. The Balaban J connectivity index is 1.35. The van der Waals surface area contributed by atoms with Crippen LogP contribution in [0.4, 0.5) is 0 Å². The van der Waals surface area contributed by atoms with Crippen LogP contribution in [-0.4, -0.2) is 50.7 Å². The molecule has 7 heteroatoms. The normalized spacial score (nSPS) is 13.2. The summed E-state index contributed by atoms with van der Waals surface area (Å²) >= 11 is 0. The molecular formula is C23H24N4O3. The summed E-state index contributed by atoms with van der Waals surface area (Å²) in [6.45, 7) is 3.48. The fourth-order valence-corrected chi connectivity index (χ4v) is 3.92. The lowest BCUT2D eigenvalue weighted by atomic mass is 10.1. The standard InChI is InChI=1S/C23H24N4O3/c1-3-26-19-12-7-6-11-18(19)24-20(26)15-25(2)21(28)13-8-14-27-22(29)16-9-4-5-10-17(16)23(27)30/h4-7,9-12H,3,8,13-15H2,1-2H3. The van der Waals surface area contributed by atoms with Gasteiger partial charge < -0.3 is 9.47 Å². The minimum absolute atomic E-state index is 0.0404. The molecule has 1 aliphatic rings. The highest BCUT2D eigenvalue weighted by molar-refractivity contribution is 6.21. The van der Waals surface area contributed by atoms with E-state index in [2.05, 4.69) is 16.5 Å². The van der Waals surface area contributed by atoms with Crippen molar-refractivity contribution in [2.75, 3.05) is 13.6 Å². The number of hydrogen-bond acceptors (Lipinski definition) is 4. The van der Waals surface area contributed by atoms with E-state index in [1.165, 1.54) is 4.90 Å². The molecule has 0 saturated heterocycles. The third kappa shape index (κ3) is 3.47. The monoisotopic (exact) mass is 404 g/mol. The number of imidazole rings is 1. The van der Waals surface area contributed by atoms with Gasteiger partial charge in [-0.3, -0.25) is 19.3 Å². The number of rotatable bonds is 7. The molecule has 2 heterocycles. The molecule has 0 spiro atoms.